The van der Waals surface area contributed by atoms with Gasteiger partial charge in [-0.3, -0.25) is 9.78 Å². The number of hydrogen-bond acceptors (Lipinski definition) is 6. The van der Waals surface area contributed by atoms with Crippen LogP contribution in [0.1, 0.15) is 16.9 Å². The van der Waals surface area contributed by atoms with Crippen LogP contribution in [0, 0.1) is 5.92 Å². The molecule has 1 aromatic carbocycles. The molecule has 0 bridgehead atoms. The third kappa shape index (κ3) is 4.70. The molecule has 4 rings (SSSR count). The van der Waals surface area contributed by atoms with Crippen LogP contribution in [0.25, 0.3) is 22.0 Å². The second kappa shape index (κ2) is 8.98. The first kappa shape index (κ1) is 19.3. The fourth-order valence-corrected chi connectivity index (χ4v) is 3.31. The highest BCUT2D eigenvalue weighted by atomic mass is 16.5. The minimum absolute atomic E-state index is 0.231. The summed E-state index contributed by atoms with van der Waals surface area (Å²) in [5.74, 6) is 0.717. The first-order valence-corrected chi connectivity index (χ1v) is 9.64. The summed E-state index contributed by atoms with van der Waals surface area (Å²) in [5.41, 5.74) is 8.05. The van der Waals surface area contributed by atoms with Gasteiger partial charge in [0.2, 0.25) is 0 Å². The normalized spacial score (nSPS) is 16.2. The Morgan fingerprint density at radius 2 is 2.00 bits per heavy atom. The predicted octanol–water partition coefficient (Wildman–Crippen LogP) is 2.83. The molecule has 7 nitrogen and oxygen atoms in total. The maximum atomic E-state index is 11.5. The maximum absolute atomic E-state index is 11.5. The number of pyridine rings is 2. The molecule has 1 fully saturated rings. The summed E-state index contributed by atoms with van der Waals surface area (Å²) in [5, 5.41) is 0.845. The largest absolute Gasteiger partial charge is 0.491 e. The van der Waals surface area contributed by atoms with E-state index < -0.39 is 5.91 Å². The Morgan fingerprint density at radius 3 is 2.76 bits per heavy atom. The summed E-state index contributed by atoms with van der Waals surface area (Å²) >= 11 is 0. The highest BCUT2D eigenvalue weighted by molar-refractivity contribution is 5.97. The van der Waals surface area contributed by atoms with Crippen LogP contribution in [0.3, 0.4) is 0 Å². The Kier molecular flexibility index (Phi) is 5.97. The van der Waals surface area contributed by atoms with Crippen molar-refractivity contribution >= 4 is 16.8 Å². The summed E-state index contributed by atoms with van der Waals surface area (Å²) in [4.78, 5) is 20.2. The number of aromatic nitrogens is 2. The average molecular weight is 393 g/mol. The molecule has 3 heterocycles. The number of carbonyl (C=O) groups excluding carboxylic acids is 1. The number of rotatable bonds is 8. The van der Waals surface area contributed by atoms with Gasteiger partial charge in [-0.15, -0.1) is 0 Å². The number of hydrogen-bond donors (Lipinski definition) is 1. The van der Waals surface area contributed by atoms with Crippen molar-refractivity contribution in [3.05, 3.63) is 54.5 Å². The zero-order chi connectivity index (χ0) is 20.1. The second-order valence-electron chi connectivity index (χ2n) is 7.00. The Morgan fingerprint density at radius 1 is 1.14 bits per heavy atom. The van der Waals surface area contributed by atoms with Crippen molar-refractivity contribution in [2.24, 2.45) is 11.7 Å². The van der Waals surface area contributed by atoms with E-state index in [2.05, 4.69) is 9.97 Å². The lowest BCUT2D eigenvalue weighted by Gasteiger charge is -2.11. The van der Waals surface area contributed by atoms with E-state index in [-0.39, 0.29) is 5.69 Å². The molecule has 0 aliphatic carbocycles. The van der Waals surface area contributed by atoms with Crippen molar-refractivity contribution in [2.75, 3.05) is 33.0 Å². The van der Waals surface area contributed by atoms with E-state index in [9.17, 15) is 4.79 Å². The summed E-state index contributed by atoms with van der Waals surface area (Å²) in [6.07, 6.45) is 4.52. The Hall–Kier alpha value is -3.03. The average Bonchev–Trinajstić information content (AvgIpc) is 3.27. The molecule has 29 heavy (non-hydrogen) atoms. The van der Waals surface area contributed by atoms with Crippen molar-refractivity contribution < 1.29 is 19.0 Å². The fourth-order valence-electron chi connectivity index (χ4n) is 3.31. The number of fused-ring (bicyclic) bond motifs is 1. The molecule has 1 amide bonds. The van der Waals surface area contributed by atoms with Crippen LogP contribution in [-0.2, 0) is 9.47 Å². The molecule has 150 valence electrons. The zero-order valence-corrected chi connectivity index (χ0v) is 16.0. The van der Waals surface area contributed by atoms with Gasteiger partial charge in [0.25, 0.3) is 5.91 Å². The molecule has 0 radical (unpaired) electrons. The van der Waals surface area contributed by atoms with Gasteiger partial charge in [0.15, 0.2) is 0 Å². The van der Waals surface area contributed by atoms with Crippen LogP contribution in [0.2, 0.25) is 0 Å². The van der Waals surface area contributed by atoms with Crippen LogP contribution in [-0.4, -0.2) is 48.9 Å². The molecule has 1 unspecified atom stereocenters. The smallest absolute Gasteiger partial charge is 0.267 e. The van der Waals surface area contributed by atoms with Crippen molar-refractivity contribution in [3.63, 3.8) is 0 Å². The van der Waals surface area contributed by atoms with E-state index in [1.165, 1.54) is 0 Å². The first-order chi connectivity index (χ1) is 14.2. The van der Waals surface area contributed by atoms with Gasteiger partial charge in [0.1, 0.15) is 18.1 Å². The fraction of sp³-hybridized carbons (Fsp3) is 0.318. The van der Waals surface area contributed by atoms with Gasteiger partial charge in [0.05, 0.1) is 25.3 Å². The first-order valence-electron chi connectivity index (χ1n) is 9.64. The van der Waals surface area contributed by atoms with Crippen molar-refractivity contribution in [3.8, 4) is 16.9 Å². The molecule has 1 atom stereocenters. The van der Waals surface area contributed by atoms with Crippen molar-refractivity contribution in [1.29, 1.82) is 0 Å². The minimum atomic E-state index is -0.555. The zero-order valence-electron chi connectivity index (χ0n) is 16.0. The van der Waals surface area contributed by atoms with Crippen LogP contribution in [0.4, 0.5) is 0 Å². The number of carbonyl (C=O) groups is 1. The molecule has 1 aliphatic rings. The van der Waals surface area contributed by atoms with Gasteiger partial charge in [-0.1, -0.05) is 12.1 Å². The van der Waals surface area contributed by atoms with E-state index >= 15 is 0 Å². The number of ether oxygens (including phenoxy) is 3. The molecule has 0 spiro atoms. The Labute approximate surface area is 168 Å². The molecule has 3 aromatic rings. The molecule has 0 saturated carbocycles. The molecule has 2 N–H and O–H groups in total. The van der Waals surface area contributed by atoms with Crippen molar-refractivity contribution in [1.82, 2.24) is 9.97 Å². The molecular weight excluding hydrogens is 370 g/mol. The van der Waals surface area contributed by atoms with E-state index in [4.69, 9.17) is 19.9 Å². The summed E-state index contributed by atoms with van der Waals surface area (Å²) in [6.45, 7) is 3.39. The highest BCUT2D eigenvalue weighted by Crippen LogP contribution is 2.28. The van der Waals surface area contributed by atoms with Gasteiger partial charge in [-0.05, 0) is 36.2 Å². The SMILES string of the molecule is NC(=O)c1ccc2cncc(-c3ccc(OCCOCC4CCOC4)cc3)c2n1. The Balaban J connectivity index is 1.39. The standard InChI is InChI=1S/C22H23N3O4/c23-22(26)20-6-3-17-11-24-12-19(21(17)25-20)16-1-4-18(5-2-16)29-10-9-28-14-15-7-8-27-13-15/h1-6,11-12,15H,7-10,13-14H2,(H2,23,26). The monoisotopic (exact) mass is 393 g/mol. The van der Waals surface area contributed by atoms with Crippen molar-refractivity contribution in [2.45, 2.75) is 6.42 Å². The molecule has 2 aromatic heterocycles. The van der Waals surface area contributed by atoms with Gasteiger partial charge in [-0.25, -0.2) is 4.98 Å². The summed E-state index contributed by atoms with van der Waals surface area (Å²) in [6, 6.07) is 11.1. The van der Waals surface area contributed by atoms with Gasteiger partial charge >= 0.3 is 0 Å². The lowest BCUT2D eigenvalue weighted by Crippen LogP contribution is -2.13. The molecule has 1 aliphatic heterocycles. The van der Waals surface area contributed by atoms with Gasteiger partial charge in [-0.2, -0.15) is 0 Å². The second-order valence-corrected chi connectivity index (χ2v) is 7.00. The maximum Gasteiger partial charge on any atom is 0.267 e. The molecule has 1 saturated heterocycles. The summed E-state index contributed by atoms with van der Waals surface area (Å²) < 4.78 is 16.7. The molecular formula is C22H23N3O4. The van der Waals surface area contributed by atoms with Gasteiger partial charge < -0.3 is 19.9 Å². The topological polar surface area (TPSA) is 96.6 Å². The lowest BCUT2D eigenvalue weighted by atomic mass is 10.0. The van der Waals surface area contributed by atoms with Crippen LogP contribution >= 0.6 is 0 Å². The predicted molar refractivity (Wildman–Crippen MR) is 109 cm³/mol. The summed E-state index contributed by atoms with van der Waals surface area (Å²) in [7, 11) is 0. The highest BCUT2D eigenvalue weighted by Gasteiger charge is 2.15. The van der Waals surface area contributed by atoms with Crippen LogP contribution in [0.15, 0.2) is 48.8 Å². The van der Waals surface area contributed by atoms with Gasteiger partial charge in [0, 0.05) is 35.9 Å². The van der Waals surface area contributed by atoms with Crippen LogP contribution in [0.5, 0.6) is 5.75 Å². The number of benzene rings is 1. The number of primary amides is 1. The van der Waals surface area contributed by atoms with E-state index in [1.807, 2.05) is 24.3 Å². The third-order valence-corrected chi connectivity index (χ3v) is 4.89. The van der Waals surface area contributed by atoms with E-state index in [1.54, 1.807) is 24.5 Å². The third-order valence-electron chi connectivity index (χ3n) is 4.89. The van der Waals surface area contributed by atoms with Crippen LogP contribution < -0.4 is 10.5 Å². The number of nitrogens with zero attached hydrogens (tertiary/aromatic N) is 2. The quantitative estimate of drug-likeness (QED) is 0.591. The Bertz CT molecular complexity index is 985. The lowest BCUT2D eigenvalue weighted by molar-refractivity contribution is 0.0684. The number of nitrogens with two attached hydrogens (primary N) is 1. The number of amides is 1. The molecule has 7 heteroatoms. The van der Waals surface area contributed by atoms with E-state index in [0.29, 0.717) is 24.6 Å². The minimum Gasteiger partial charge on any atom is -0.491 e. The van der Waals surface area contributed by atoms with E-state index in [0.717, 1.165) is 48.5 Å².